The lowest BCUT2D eigenvalue weighted by Gasteiger charge is -2.37. The van der Waals surface area contributed by atoms with Crippen LogP contribution < -0.4 is 10.1 Å². The zero-order valence-corrected chi connectivity index (χ0v) is 16.7. The number of benzene rings is 1. The predicted octanol–water partition coefficient (Wildman–Crippen LogP) is 2.61. The van der Waals surface area contributed by atoms with Gasteiger partial charge in [-0.05, 0) is 38.8 Å². The van der Waals surface area contributed by atoms with Gasteiger partial charge in [0.1, 0.15) is 11.9 Å². The van der Waals surface area contributed by atoms with E-state index in [2.05, 4.69) is 36.2 Å². The maximum Gasteiger partial charge on any atom is 0.194 e. The summed E-state index contributed by atoms with van der Waals surface area (Å²) in [7, 11) is 0. The molecule has 0 aliphatic carbocycles. The fraction of sp³-hybridized carbons (Fsp3) is 0.667. The first-order chi connectivity index (χ1) is 13.3. The summed E-state index contributed by atoms with van der Waals surface area (Å²) in [5, 5.41) is 3.42. The van der Waals surface area contributed by atoms with Crippen molar-refractivity contribution >= 4 is 5.96 Å². The van der Waals surface area contributed by atoms with E-state index in [1.54, 1.807) is 0 Å². The molecule has 6 heteroatoms. The second kappa shape index (κ2) is 10.5. The van der Waals surface area contributed by atoms with E-state index in [0.29, 0.717) is 6.61 Å². The zero-order chi connectivity index (χ0) is 18.9. The maximum absolute atomic E-state index is 5.95. The Hall–Kier alpha value is -1.79. The highest BCUT2D eigenvalue weighted by Crippen LogP contribution is 2.21. The van der Waals surface area contributed by atoms with Gasteiger partial charge in [-0.1, -0.05) is 17.7 Å². The Labute approximate surface area is 162 Å². The zero-order valence-electron chi connectivity index (χ0n) is 16.7. The molecule has 27 heavy (non-hydrogen) atoms. The van der Waals surface area contributed by atoms with Gasteiger partial charge in [-0.3, -0.25) is 4.99 Å². The summed E-state index contributed by atoms with van der Waals surface area (Å²) in [6.45, 7) is 9.77. The molecule has 2 fully saturated rings. The molecule has 1 aromatic carbocycles. The van der Waals surface area contributed by atoms with E-state index in [0.717, 1.165) is 70.4 Å². The first kappa shape index (κ1) is 20.0. The molecule has 0 spiro atoms. The second-order valence-corrected chi connectivity index (χ2v) is 7.16. The van der Waals surface area contributed by atoms with Crippen molar-refractivity contribution in [3.05, 3.63) is 29.8 Å². The third kappa shape index (κ3) is 6.11. The van der Waals surface area contributed by atoms with Gasteiger partial charge < -0.3 is 24.4 Å². The summed E-state index contributed by atoms with van der Waals surface area (Å²) < 4.78 is 17.6. The van der Waals surface area contributed by atoms with Crippen LogP contribution in [0.4, 0.5) is 0 Å². The fourth-order valence-corrected chi connectivity index (χ4v) is 3.49. The minimum absolute atomic E-state index is 0.148. The molecule has 0 aromatic heterocycles. The lowest BCUT2D eigenvalue weighted by molar-refractivity contribution is -0.0817. The third-order valence-corrected chi connectivity index (χ3v) is 4.96. The van der Waals surface area contributed by atoms with Crippen LogP contribution in [-0.2, 0) is 9.47 Å². The number of hydrogen-bond donors (Lipinski definition) is 1. The Bertz CT molecular complexity index is 585. The topological polar surface area (TPSA) is 55.3 Å². The molecule has 1 aromatic rings. The fourth-order valence-electron chi connectivity index (χ4n) is 3.49. The van der Waals surface area contributed by atoms with Crippen molar-refractivity contribution in [1.29, 1.82) is 0 Å². The van der Waals surface area contributed by atoms with Gasteiger partial charge in [-0.25, -0.2) is 0 Å². The molecule has 0 bridgehead atoms. The SMILES string of the molecule is CCNC(=NCCCOc1ccc(C)cc1)N1CCOC(C2CCCO2)C1. The Morgan fingerprint density at radius 2 is 2.04 bits per heavy atom. The van der Waals surface area contributed by atoms with Crippen molar-refractivity contribution in [1.82, 2.24) is 10.2 Å². The molecule has 3 rings (SSSR count). The van der Waals surface area contributed by atoms with E-state index in [4.69, 9.17) is 19.2 Å². The Morgan fingerprint density at radius 1 is 1.22 bits per heavy atom. The van der Waals surface area contributed by atoms with Crippen molar-refractivity contribution in [2.45, 2.75) is 45.3 Å². The molecule has 0 radical (unpaired) electrons. The Kier molecular flexibility index (Phi) is 7.78. The predicted molar refractivity (Wildman–Crippen MR) is 108 cm³/mol. The van der Waals surface area contributed by atoms with E-state index in [-0.39, 0.29) is 12.2 Å². The van der Waals surface area contributed by atoms with Gasteiger partial charge in [0.2, 0.25) is 0 Å². The van der Waals surface area contributed by atoms with Crippen molar-refractivity contribution in [3.63, 3.8) is 0 Å². The minimum atomic E-state index is 0.148. The van der Waals surface area contributed by atoms with Crippen molar-refractivity contribution in [2.75, 3.05) is 46.0 Å². The number of nitrogens with zero attached hydrogens (tertiary/aromatic N) is 2. The van der Waals surface area contributed by atoms with Gasteiger partial charge in [0.25, 0.3) is 0 Å². The number of rotatable bonds is 7. The quantitative estimate of drug-likeness (QED) is 0.451. The van der Waals surface area contributed by atoms with Crippen molar-refractivity contribution in [3.8, 4) is 5.75 Å². The highest BCUT2D eigenvalue weighted by molar-refractivity contribution is 5.80. The van der Waals surface area contributed by atoms with Crippen LogP contribution in [0.3, 0.4) is 0 Å². The number of ether oxygens (including phenoxy) is 3. The highest BCUT2D eigenvalue weighted by Gasteiger charge is 2.32. The molecule has 2 aliphatic rings. The molecular formula is C21H33N3O3. The van der Waals surface area contributed by atoms with Gasteiger partial charge in [0.15, 0.2) is 5.96 Å². The number of nitrogens with one attached hydrogen (secondary N) is 1. The molecule has 6 nitrogen and oxygen atoms in total. The van der Waals surface area contributed by atoms with Gasteiger partial charge in [-0.2, -0.15) is 0 Å². The van der Waals surface area contributed by atoms with E-state index in [9.17, 15) is 0 Å². The average Bonchev–Trinajstić information content (AvgIpc) is 3.23. The summed E-state index contributed by atoms with van der Waals surface area (Å²) in [5.41, 5.74) is 1.24. The first-order valence-corrected chi connectivity index (χ1v) is 10.2. The van der Waals surface area contributed by atoms with Crippen LogP contribution in [0.1, 0.15) is 31.7 Å². The van der Waals surface area contributed by atoms with Crippen LogP contribution in [0.25, 0.3) is 0 Å². The van der Waals surface area contributed by atoms with Gasteiger partial charge in [0.05, 0.1) is 19.3 Å². The molecule has 150 valence electrons. The lowest BCUT2D eigenvalue weighted by Crippen LogP contribution is -2.53. The van der Waals surface area contributed by atoms with E-state index < -0.39 is 0 Å². The van der Waals surface area contributed by atoms with Crippen LogP contribution in [0.2, 0.25) is 0 Å². The Morgan fingerprint density at radius 3 is 2.78 bits per heavy atom. The molecule has 0 saturated carbocycles. The van der Waals surface area contributed by atoms with E-state index in [1.165, 1.54) is 5.56 Å². The largest absolute Gasteiger partial charge is 0.494 e. The molecule has 2 unspecified atom stereocenters. The summed E-state index contributed by atoms with van der Waals surface area (Å²) in [6.07, 6.45) is 3.51. The number of guanidine groups is 1. The number of aryl methyl sites for hydroxylation is 1. The van der Waals surface area contributed by atoms with Crippen LogP contribution in [0, 0.1) is 6.92 Å². The molecule has 2 heterocycles. The molecular weight excluding hydrogens is 342 g/mol. The third-order valence-electron chi connectivity index (χ3n) is 4.96. The number of aliphatic imine (C=N–C) groups is 1. The Balaban J connectivity index is 1.46. The van der Waals surface area contributed by atoms with Crippen LogP contribution in [0.5, 0.6) is 5.75 Å². The number of morpholine rings is 1. The number of hydrogen-bond acceptors (Lipinski definition) is 4. The van der Waals surface area contributed by atoms with Gasteiger partial charge in [0, 0.05) is 39.2 Å². The second-order valence-electron chi connectivity index (χ2n) is 7.16. The molecule has 1 N–H and O–H groups in total. The van der Waals surface area contributed by atoms with Gasteiger partial charge in [-0.15, -0.1) is 0 Å². The van der Waals surface area contributed by atoms with Crippen LogP contribution in [-0.4, -0.2) is 69.1 Å². The summed E-state index contributed by atoms with van der Waals surface area (Å²) in [5.74, 6) is 1.89. The summed E-state index contributed by atoms with van der Waals surface area (Å²) >= 11 is 0. The highest BCUT2D eigenvalue weighted by atomic mass is 16.5. The summed E-state index contributed by atoms with van der Waals surface area (Å²) in [6, 6.07) is 8.17. The van der Waals surface area contributed by atoms with Crippen LogP contribution in [0.15, 0.2) is 29.3 Å². The maximum atomic E-state index is 5.95. The normalized spacial score (nSPS) is 23.5. The average molecular weight is 376 g/mol. The minimum Gasteiger partial charge on any atom is -0.494 e. The monoisotopic (exact) mass is 375 g/mol. The summed E-state index contributed by atoms with van der Waals surface area (Å²) in [4.78, 5) is 7.10. The first-order valence-electron chi connectivity index (χ1n) is 10.2. The van der Waals surface area contributed by atoms with Crippen molar-refractivity contribution < 1.29 is 14.2 Å². The van der Waals surface area contributed by atoms with E-state index in [1.807, 2.05) is 12.1 Å². The lowest BCUT2D eigenvalue weighted by atomic mass is 10.1. The molecule has 2 atom stereocenters. The smallest absolute Gasteiger partial charge is 0.194 e. The standard InChI is InChI=1S/C21H33N3O3/c1-3-22-21(23-11-5-14-25-18-9-7-17(2)8-10-18)24-12-15-27-20(16-24)19-6-4-13-26-19/h7-10,19-20H,3-6,11-16H2,1-2H3,(H,22,23). The van der Waals surface area contributed by atoms with E-state index >= 15 is 0 Å². The molecule has 2 aliphatic heterocycles. The van der Waals surface area contributed by atoms with Crippen molar-refractivity contribution in [2.24, 2.45) is 4.99 Å². The molecule has 0 amide bonds. The van der Waals surface area contributed by atoms with Crippen LogP contribution >= 0.6 is 0 Å². The van der Waals surface area contributed by atoms with Gasteiger partial charge >= 0.3 is 0 Å². The molecule has 2 saturated heterocycles.